The fourth-order valence-corrected chi connectivity index (χ4v) is 1.67. The lowest BCUT2D eigenvalue weighted by Gasteiger charge is -1.93. The highest BCUT2D eigenvalue weighted by atomic mass is 31.0. The molecule has 0 radical (unpaired) electrons. The SMILES string of the molecule is COc1ccccc1.COc1ccccc1.COc1ccccc1.P. The average molecular weight is 358 g/mol. The monoisotopic (exact) mass is 358 g/mol. The molecule has 3 rings (SSSR count). The fourth-order valence-electron chi connectivity index (χ4n) is 1.67. The van der Waals surface area contributed by atoms with Crippen molar-refractivity contribution in [1.82, 2.24) is 0 Å². The molecular formula is C21H27O3P. The quantitative estimate of drug-likeness (QED) is 0.607. The summed E-state index contributed by atoms with van der Waals surface area (Å²) in [7, 11) is 4.99. The zero-order chi connectivity index (χ0) is 17.5. The van der Waals surface area contributed by atoms with Crippen molar-refractivity contribution in [3.05, 3.63) is 91.0 Å². The van der Waals surface area contributed by atoms with Crippen LogP contribution >= 0.6 is 9.90 Å². The van der Waals surface area contributed by atoms with E-state index in [4.69, 9.17) is 14.2 Å². The second kappa shape index (κ2) is 15.0. The van der Waals surface area contributed by atoms with Crippen molar-refractivity contribution in [3.8, 4) is 17.2 Å². The molecule has 0 aliphatic heterocycles. The molecule has 0 saturated heterocycles. The predicted octanol–water partition coefficient (Wildman–Crippen LogP) is 5.14. The summed E-state index contributed by atoms with van der Waals surface area (Å²) in [5.41, 5.74) is 0. The molecule has 0 aromatic heterocycles. The van der Waals surface area contributed by atoms with E-state index in [0.717, 1.165) is 17.2 Å². The second-order valence-electron chi connectivity index (χ2n) is 4.55. The number of para-hydroxylation sites is 3. The summed E-state index contributed by atoms with van der Waals surface area (Å²) in [5.74, 6) is 2.73. The minimum absolute atomic E-state index is 0. The first kappa shape index (κ1) is 22.5. The molecule has 1 unspecified atom stereocenters. The largest absolute Gasteiger partial charge is 0.497 e. The van der Waals surface area contributed by atoms with E-state index in [9.17, 15) is 0 Å². The second-order valence-corrected chi connectivity index (χ2v) is 4.55. The maximum atomic E-state index is 4.91. The number of methoxy groups -OCH3 is 3. The molecule has 0 heterocycles. The van der Waals surface area contributed by atoms with E-state index in [1.165, 1.54) is 0 Å². The third kappa shape index (κ3) is 10.8. The maximum absolute atomic E-state index is 4.91. The Morgan fingerprint density at radius 1 is 0.400 bits per heavy atom. The van der Waals surface area contributed by atoms with Gasteiger partial charge in [0.05, 0.1) is 21.3 Å². The van der Waals surface area contributed by atoms with Crippen LogP contribution in [0, 0.1) is 0 Å². The van der Waals surface area contributed by atoms with Gasteiger partial charge in [-0.15, -0.1) is 0 Å². The number of benzene rings is 3. The highest BCUT2D eigenvalue weighted by molar-refractivity contribution is 6.92. The highest BCUT2D eigenvalue weighted by Crippen LogP contribution is 2.06. The molecular weight excluding hydrogens is 331 g/mol. The van der Waals surface area contributed by atoms with E-state index in [2.05, 4.69) is 0 Å². The van der Waals surface area contributed by atoms with Crippen LogP contribution in [0.25, 0.3) is 0 Å². The molecule has 1 atom stereocenters. The Hall–Kier alpha value is -2.51. The lowest BCUT2D eigenvalue weighted by molar-refractivity contribution is 0.414. The van der Waals surface area contributed by atoms with Crippen molar-refractivity contribution in [2.75, 3.05) is 21.3 Å². The van der Waals surface area contributed by atoms with Crippen LogP contribution in [0.4, 0.5) is 0 Å². The Labute approximate surface area is 154 Å². The van der Waals surface area contributed by atoms with Crippen molar-refractivity contribution in [2.24, 2.45) is 0 Å². The van der Waals surface area contributed by atoms with Gasteiger partial charge in [-0.2, -0.15) is 9.90 Å². The standard InChI is InChI=1S/3C7H8O.H3P/c3*1-8-7-5-3-2-4-6-7;/h3*2-6H,1H3;1H3. The van der Waals surface area contributed by atoms with Gasteiger partial charge in [0.25, 0.3) is 0 Å². The molecule has 3 nitrogen and oxygen atoms in total. The van der Waals surface area contributed by atoms with E-state index in [1.807, 2.05) is 91.0 Å². The molecule has 0 bridgehead atoms. The molecule has 0 aliphatic carbocycles. The van der Waals surface area contributed by atoms with Gasteiger partial charge < -0.3 is 14.2 Å². The van der Waals surface area contributed by atoms with Gasteiger partial charge in [0.15, 0.2) is 0 Å². The van der Waals surface area contributed by atoms with Crippen LogP contribution in [-0.2, 0) is 0 Å². The maximum Gasteiger partial charge on any atom is 0.118 e. The minimum atomic E-state index is 0. The minimum Gasteiger partial charge on any atom is -0.497 e. The van der Waals surface area contributed by atoms with Gasteiger partial charge in [0, 0.05) is 0 Å². The lowest BCUT2D eigenvalue weighted by atomic mass is 10.3. The van der Waals surface area contributed by atoms with Gasteiger partial charge in [-0.1, -0.05) is 54.6 Å². The van der Waals surface area contributed by atoms with Crippen molar-refractivity contribution in [2.45, 2.75) is 0 Å². The molecule has 0 N–H and O–H groups in total. The van der Waals surface area contributed by atoms with E-state index in [0.29, 0.717) is 0 Å². The zero-order valence-electron chi connectivity index (χ0n) is 15.1. The Morgan fingerprint density at radius 3 is 0.720 bits per heavy atom. The molecule has 0 spiro atoms. The lowest BCUT2D eigenvalue weighted by Crippen LogP contribution is -1.78. The van der Waals surface area contributed by atoms with Crippen LogP contribution < -0.4 is 14.2 Å². The van der Waals surface area contributed by atoms with Crippen LogP contribution in [0.1, 0.15) is 0 Å². The summed E-state index contributed by atoms with van der Waals surface area (Å²) in [6, 6.07) is 29.0. The summed E-state index contributed by atoms with van der Waals surface area (Å²) in [6.45, 7) is 0. The van der Waals surface area contributed by atoms with Crippen molar-refractivity contribution >= 4 is 9.90 Å². The van der Waals surface area contributed by atoms with E-state index in [-0.39, 0.29) is 9.90 Å². The van der Waals surface area contributed by atoms with Crippen LogP contribution in [0.5, 0.6) is 17.2 Å². The Bertz CT molecular complexity index is 537. The van der Waals surface area contributed by atoms with Crippen molar-refractivity contribution in [3.63, 3.8) is 0 Å². The van der Waals surface area contributed by atoms with Gasteiger partial charge >= 0.3 is 0 Å². The topological polar surface area (TPSA) is 27.7 Å². The summed E-state index contributed by atoms with van der Waals surface area (Å²) < 4.78 is 14.7. The van der Waals surface area contributed by atoms with Crippen LogP contribution in [0.2, 0.25) is 0 Å². The smallest absolute Gasteiger partial charge is 0.118 e. The van der Waals surface area contributed by atoms with Crippen LogP contribution in [-0.4, -0.2) is 21.3 Å². The van der Waals surface area contributed by atoms with Crippen LogP contribution in [0.3, 0.4) is 0 Å². The molecule has 3 aromatic carbocycles. The van der Waals surface area contributed by atoms with Gasteiger partial charge in [0.1, 0.15) is 17.2 Å². The number of ether oxygens (including phenoxy) is 3. The molecule has 134 valence electrons. The normalized spacial score (nSPS) is 8.28. The van der Waals surface area contributed by atoms with E-state index >= 15 is 0 Å². The molecule has 3 aromatic rings. The first-order chi connectivity index (χ1) is 11.8. The summed E-state index contributed by atoms with van der Waals surface area (Å²) >= 11 is 0. The van der Waals surface area contributed by atoms with Gasteiger partial charge in [-0.25, -0.2) is 0 Å². The van der Waals surface area contributed by atoms with E-state index in [1.54, 1.807) is 21.3 Å². The average Bonchev–Trinajstić information content (AvgIpc) is 2.71. The third-order valence-corrected chi connectivity index (χ3v) is 2.94. The van der Waals surface area contributed by atoms with Gasteiger partial charge in [0.2, 0.25) is 0 Å². The van der Waals surface area contributed by atoms with Crippen molar-refractivity contribution < 1.29 is 14.2 Å². The Balaban J connectivity index is 0.000000339. The van der Waals surface area contributed by atoms with E-state index < -0.39 is 0 Å². The molecule has 0 fully saturated rings. The summed E-state index contributed by atoms with van der Waals surface area (Å²) in [6.07, 6.45) is 0. The van der Waals surface area contributed by atoms with Gasteiger partial charge in [-0.3, -0.25) is 0 Å². The zero-order valence-corrected chi connectivity index (χ0v) is 16.5. The molecule has 0 aliphatic rings. The third-order valence-electron chi connectivity index (χ3n) is 2.94. The molecule has 25 heavy (non-hydrogen) atoms. The first-order valence-electron chi connectivity index (χ1n) is 7.57. The summed E-state index contributed by atoms with van der Waals surface area (Å²) in [4.78, 5) is 0. The highest BCUT2D eigenvalue weighted by Gasteiger charge is 1.81. The van der Waals surface area contributed by atoms with Crippen molar-refractivity contribution in [1.29, 1.82) is 0 Å². The Morgan fingerprint density at radius 2 is 0.600 bits per heavy atom. The molecule has 4 heteroatoms. The molecule has 0 amide bonds. The molecule has 0 saturated carbocycles. The first-order valence-corrected chi connectivity index (χ1v) is 7.57. The fraction of sp³-hybridized carbons (Fsp3) is 0.143. The summed E-state index contributed by atoms with van der Waals surface area (Å²) in [5, 5.41) is 0. The number of hydrogen-bond donors (Lipinski definition) is 0. The van der Waals surface area contributed by atoms with Gasteiger partial charge in [-0.05, 0) is 36.4 Å². The number of rotatable bonds is 3. The Kier molecular flexibility index (Phi) is 13.5. The van der Waals surface area contributed by atoms with Crippen LogP contribution in [0.15, 0.2) is 91.0 Å². The number of hydrogen-bond acceptors (Lipinski definition) is 3. The predicted molar refractivity (Wildman–Crippen MR) is 110 cm³/mol.